The van der Waals surface area contributed by atoms with Crippen LogP contribution in [-0.4, -0.2) is 0 Å². The summed E-state index contributed by atoms with van der Waals surface area (Å²) in [5.41, 5.74) is 1.67. The lowest BCUT2D eigenvalue weighted by atomic mass is 10.1. The lowest BCUT2D eigenvalue weighted by Gasteiger charge is -2.08. The van der Waals surface area contributed by atoms with Gasteiger partial charge in [0.1, 0.15) is 17.4 Å². The van der Waals surface area contributed by atoms with Crippen molar-refractivity contribution in [2.24, 2.45) is 0 Å². The Balaban J connectivity index is 2.15. The average molecular weight is 226 g/mol. The third kappa shape index (κ3) is 2.61. The van der Waals surface area contributed by atoms with E-state index in [2.05, 4.69) is 5.32 Å². The molecule has 0 saturated carbocycles. The summed E-state index contributed by atoms with van der Waals surface area (Å²) in [6.07, 6.45) is 0. The predicted octanol–water partition coefficient (Wildman–Crippen LogP) is 3.31. The summed E-state index contributed by atoms with van der Waals surface area (Å²) < 4.78 is 13.3. The van der Waals surface area contributed by atoms with E-state index in [-0.39, 0.29) is 5.56 Å². The first-order chi connectivity index (χ1) is 8.31. The summed E-state index contributed by atoms with van der Waals surface area (Å²) in [6.45, 7) is 0.568. The van der Waals surface area contributed by atoms with Gasteiger partial charge >= 0.3 is 0 Å². The normalized spacial score (nSPS) is 9.65. The van der Waals surface area contributed by atoms with E-state index in [4.69, 9.17) is 5.26 Å². The first kappa shape index (κ1) is 11.2. The summed E-state index contributed by atoms with van der Waals surface area (Å²) >= 11 is 0. The molecule has 0 fully saturated rings. The number of nitrogens with zero attached hydrogens (tertiary/aromatic N) is 1. The monoisotopic (exact) mass is 226 g/mol. The fraction of sp³-hybridized carbons (Fsp3) is 0.0714. The van der Waals surface area contributed by atoms with Gasteiger partial charge in [-0.3, -0.25) is 0 Å². The first-order valence-corrected chi connectivity index (χ1v) is 5.27. The van der Waals surface area contributed by atoms with E-state index in [1.807, 2.05) is 36.4 Å². The van der Waals surface area contributed by atoms with Gasteiger partial charge in [-0.1, -0.05) is 36.4 Å². The molecule has 0 saturated heterocycles. The van der Waals surface area contributed by atoms with Crippen LogP contribution >= 0.6 is 0 Å². The summed E-state index contributed by atoms with van der Waals surface area (Å²) in [7, 11) is 0. The minimum Gasteiger partial charge on any atom is -0.380 e. The van der Waals surface area contributed by atoms with Crippen molar-refractivity contribution in [1.82, 2.24) is 0 Å². The molecule has 2 nitrogen and oxygen atoms in total. The Morgan fingerprint density at radius 2 is 1.82 bits per heavy atom. The molecular formula is C14H11FN2. The number of hydrogen-bond donors (Lipinski definition) is 1. The summed E-state index contributed by atoms with van der Waals surface area (Å²) in [5.74, 6) is -0.495. The molecule has 0 unspecified atom stereocenters. The lowest BCUT2D eigenvalue weighted by molar-refractivity contribution is 0.624. The number of halogens is 1. The number of anilines is 1. The third-order valence-electron chi connectivity index (χ3n) is 2.45. The number of nitrogens with one attached hydrogen (secondary N) is 1. The zero-order valence-corrected chi connectivity index (χ0v) is 9.15. The van der Waals surface area contributed by atoms with Crippen molar-refractivity contribution in [3.05, 3.63) is 65.5 Å². The van der Waals surface area contributed by atoms with Crippen molar-refractivity contribution in [3.63, 3.8) is 0 Å². The van der Waals surface area contributed by atoms with Gasteiger partial charge in [0.15, 0.2) is 0 Å². The van der Waals surface area contributed by atoms with E-state index in [1.165, 1.54) is 6.07 Å². The highest BCUT2D eigenvalue weighted by atomic mass is 19.1. The predicted molar refractivity (Wildman–Crippen MR) is 64.9 cm³/mol. The van der Waals surface area contributed by atoms with Gasteiger partial charge in [0, 0.05) is 6.54 Å². The molecular weight excluding hydrogens is 215 g/mol. The van der Waals surface area contributed by atoms with E-state index in [9.17, 15) is 4.39 Å². The van der Waals surface area contributed by atoms with E-state index < -0.39 is 5.82 Å². The molecule has 0 aromatic heterocycles. The van der Waals surface area contributed by atoms with Crippen LogP contribution in [0, 0.1) is 17.1 Å². The Labute approximate surface area is 99.3 Å². The standard InChI is InChI=1S/C14H11FN2/c15-13-7-4-8-14(12(13)9-16)17-10-11-5-2-1-3-6-11/h1-8,17H,10H2. The molecule has 0 spiro atoms. The maximum absolute atomic E-state index is 13.3. The van der Waals surface area contributed by atoms with Crippen molar-refractivity contribution in [1.29, 1.82) is 5.26 Å². The molecule has 0 heterocycles. The van der Waals surface area contributed by atoms with Crippen molar-refractivity contribution in [3.8, 4) is 6.07 Å². The molecule has 0 atom stereocenters. The van der Waals surface area contributed by atoms with Crippen molar-refractivity contribution in [2.45, 2.75) is 6.54 Å². The first-order valence-electron chi connectivity index (χ1n) is 5.27. The second-order valence-corrected chi connectivity index (χ2v) is 3.61. The Morgan fingerprint density at radius 1 is 1.06 bits per heavy atom. The molecule has 84 valence electrons. The molecule has 0 radical (unpaired) electrons. The summed E-state index contributed by atoms with van der Waals surface area (Å²) in [5, 5.41) is 11.9. The zero-order chi connectivity index (χ0) is 12.1. The second kappa shape index (κ2) is 5.13. The second-order valence-electron chi connectivity index (χ2n) is 3.61. The van der Waals surface area contributed by atoms with Gasteiger partial charge in [0.05, 0.1) is 5.69 Å². The number of rotatable bonds is 3. The highest BCUT2D eigenvalue weighted by Crippen LogP contribution is 2.18. The van der Waals surface area contributed by atoms with E-state index in [0.29, 0.717) is 12.2 Å². The van der Waals surface area contributed by atoms with Crippen LogP contribution in [0.5, 0.6) is 0 Å². The summed E-state index contributed by atoms with van der Waals surface area (Å²) in [6, 6.07) is 16.2. The van der Waals surface area contributed by atoms with Crippen LogP contribution in [0.25, 0.3) is 0 Å². The van der Waals surface area contributed by atoms with E-state index in [1.54, 1.807) is 12.1 Å². The van der Waals surface area contributed by atoms with Crippen LogP contribution in [0.15, 0.2) is 48.5 Å². The molecule has 3 heteroatoms. The topological polar surface area (TPSA) is 35.8 Å². The lowest BCUT2D eigenvalue weighted by Crippen LogP contribution is -2.02. The Kier molecular flexibility index (Phi) is 3.37. The van der Waals surface area contributed by atoms with Gasteiger partial charge in [-0.05, 0) is 17.7 Å². The Hall–Kier alpha value is -2.34. The smallest absolute Gasteiger partial charge is 0.143 e. The molecule has 0 amide bonds. The van der Waals surface area contributed by atoms with Gasteiger partial charge in [0.25, 0.3) is 0 Å². The van der Waals surface area contributed by atoms with Gasteiger partial charge in [-0.25, -0.2) is 4.39 Å². The van der Waals surface area contributed by atoms with Gasteiger partial charge in [-0.2, -0.15) is 5.26 Å². The van der Waals surface area contributed by atoms with E-state index in [0.717, 1.165) is 5.56 Å². The molecule has 2 rings (SSSR count). The maximum atomic E-state index is 13.3. The number of hydrogen-bond acceptors (Lipinski definition) is 2. The van der Waals surface area contributed by atoms with Crippen LogP contribution in [0.4, 0.5) is 10.1 Å². The highest BCUT2D eigenvalue weighted by molar-refractivity contribution is 5.58. The molecule has 17 heavy (non-hydrogen) atoms. The van der Waals surface area contributed by atoms with Crippen LogP contribution in [0.2, 0.25) is 0 Å². The fourth-order valence-electron chi connectivity index (χ4n) is 1.58. The van der Waals surface area contributed by atoms with Crippen molar-refractivity contribution >= 4 is 5.69 Å². The minimum absolute atomic E-state index is 0.0587. The fourth-order valence-corrected chi connectivity index (χ4v) is 1.58. The number of nitriles is 1. The SMILES string of the molecule is N#Cc1c(F)cccc1NCc1ccccc1. The van der Waals surface area contributed by atoms with Crippen LogP contribution < -0.4 is 5.32 Å². The molecule has 2 aromatic rings. The number of benzene rings is 2. The minimum atomic E-state index is -0.495. The van der Waals surface area contributed by atoms with Gasteiger partial charge in [0.2, 0.25) is 0 Å². The molecule has 0 aliphatic carbocycles. The van der Waals surface area contributed by atoms with Gasteiger partial charge < -0.3 is 5.32 Å². The molecule has 0 bridgehead atoms. The van der Waals surface area contributed by atoms with Crippen LogP contribution in [0.1, 0.15) is 11.1 Å². The molecule has 0 aliphatic rings. The molecule has 1 N–H and O–H groups in total. The third-order valence-corrected chi connectivity index (χ3v) is 2.45. The van der Waals surface area contributed by atoms with Crippen molar-refractivity contribution < 1.29 is 4.39 Å². The molecule has 0 aliphatic heterocycles. The Morgan fingerprint density at radius 3 is 2.53 bits per heavy atom. The quantitative estimate of drug-likeness (QED) is 0.871. The zero-order valence-electron chi connectivity index (χ0n) is 9.15. The molecule has 2 aromatic carbocycles. The van der Waals surface area contributed by atoms with Crippen LogP contribution in [0.3, 0.4) is 0 Å². The van der Waals surface area contributed by atoms with E-state index >= 15 is 0 Å². The largest absolute Gasteiger partial charge is 0.380 e. The van der Waals surface area contributed by atoms with Gasteiger partial charge in [-0.15, -0.1) is 0 Å². The van der Waals surface area contributed by atoms with Crippen LogP contribution in [-0.2, 0) is 6.54 Å². The highest BCUT2D eigenvalue weighted by Gasteiger charge is 2.06. The Bertz CT molecular complexity index is 544. The summed E-state index contributed by atoms with van der Waals surface area (Å²) in [4.78, 5) is 0. The van der Waals surface area contributed by atoms with Crippen molar-refractivity contribution in [2.75, 3.05) is 5.32 Å². The maximum Gasteiger partial charge on any atom is 0.143 e. The average Bonchev–Trinajstić information content (AvgIpc) is 2.37.